The second kappa shape index (κ2) is 8.41. The Morgan fingerprint density at radius 1 is 1.30 bits per heavy atom. The zero-order chi connectivity index (χ0) is 19.4. The summed E-state index contributed by atoms with van der Waals surface area (Å²) in [4.78, 5) is 13.6. The van der Waals surface area contributed by atoms with Crippen molar-refractivity contribution in [1.82, 2.24) is 19.5 Å². The molecule has 2 heterocycles. The molecule has 0 aliphatic carbocycles. The summed E-state index contributed by atoms with van der Waals surface area (Å²) in [6.07, 6.45) is 2.50. The van der Waals surface area contributed by atoms with Crippen LogP contribution in [0.2, 0.25) is 5.02 Å². The van der Waals surface area contributed by atoms with Crippen LogP contribution in [0, 0.1) is 0 Å². The smallest absolute Gasteiger partial charge is 0.227 e. The number of aryl methyl sites for hydroxylation is 1. The Morgan fingerprint density at radius 2 is 2.11 bits per heavy atom. The number of nitrogens with one attached hydrogen (secondary N) is 2. The van der Waals surface area contributed by atoms with Crippen molar-refractivity contribution in [3.05, 3.63) is 35.1 Å². The second-order valence-corrected chi connectivity index (χ2v) is 6.66. The van der Waals surface area contributed by atoms with Crippen molar-refractivity contribution in [2.24, 2.45) is 0 Å². The fourth-order valence-corrected chi connectivity index (χ4v) is 2.92. The van der Waals surface area contributed by atoms with E-state index < -0.39 is 0 Å². The summed E-state index contributed by atoms with van der Waals surface area (Å²) in [5.74, 6) is 1.04. The van der Waals surface area contributed by atoms with E-state index in [1.807, 2.05) is 24.5 Å². The number of nitrogens with two attached hydrogens (primary N) is 1. The van der Waals surface area contributed by atoms with Crippen molar-refractivity contribution in [3.63, 3.8) is 0 Å². The number of nitrogens with zero attached hydrogens (tertiary/aromatic N) is 4. The van der Waals surface area contributed by atoms with Crippen LogP contribution in [0.5, 0.6) is 0 Å². The van der Waals surface area contributed by atoms with E-state index in [1.54, 1.807) is 18.5 Å². The second-order valence-electron chi connectivity index (χ2n) is 6.23. The molecule has 9 heteroatoms. The molecule has 1 aromatic carbocycles. The predicted octanol–water partition coefficient (Wildman–Crippen LogP) is 2.88. The van der Waals surface area contributed by atoms with Crippen molar-refractivity contribution in [2.75, 3.05) is 23.0 Å². The highest BCUT2D eigenvalue weighted by atomic mass is 35.5. The van der Waals surface area contributed by atoms with Gasteiger partial charge in [-0.3, -0.25) is 0 Å². The summed E-state index contributed by atoms with van der Waals surface area (Å²) in [5.41, 5.74) is 8.97. The van der Waals surface area contributed by atoms with Gasteiger partial charge in [-0.05, 0) is 37.1 Å². The minimum Gasteiger partial charge on any atom is -0.398 e. The molecule has 3 rings (SSSR count). The van der Waals surface area contributed by atoms with E-state index >= 15 is 0 Å². The molecule has 144 valence electrons. The number of nitrogen functional groups attached to an aromatic ring is 1. The highest BCUT2D eigenvalue weighted by molar-refractivity contribution is 6.30. The van der Waals surface area contributed by atoms with Crippen LogP contribution in [0.15, 0.2) is 24.5 Å². The molecule has 0 saturated carbocycles. The third-order valence-electron chi connectivity index (χ3n) is 4.40. The molecule has 1 atom stereocenters. The maximum absolute atomic E-state index is 9.46. The zero-order valence-electron chi connectivity index (χ0n) is 15.4. The maximum atomic E-state index is 9.46. The van der Waals surface area contributed by atoms with Gasteiger partial charge in [-0.1, -0.05) is 18.5 Å². The minimum absolute atomic E-state index is 0.00669. The molecule has 27 heavy (non-hydrogen) atoms. The topological polar surface area (TPSA) is 114 Å². The van der Waals surface area contributed by atoms with Gasteiger partial charge in [-0.15, -0.1) is 0 Å². The number of hydrogen-bond donors (Lipinski definition) is 4. The normalized spacial score (nSPS) is 12.3. The first-order valence-electron chi connectivity index (χ1n) is 8.93. The lowest BCUT2D eigenvalue weighted by Gasteiger charge is -2.16. The summed E-state index contributed by atoms with van der Waals surface area (Å²) in [6.45, 7) is 5.22. The number of benzene rings is 1. The van der Waals surface area contributed by atoms with Gasteiger partial charge in [0.2, 0.25) is 5.95 Å². The molecule has 0 spiro atoms. The van der Waals surface area contributed by atoms with Gasteiger partial charge in [-0.25, -0.2) is 4.98 Å². The number of aliphatic hydroxyl groups is 1. The molecular formula is C18H24ClN7O. The molecule has 3 aromatic rings. The van der Waals surface area contributed by atoms with E-state index in [0.29, 0.717) is 34.5 Å². The lowest BCUT2D eigenvalue weighted by molar-refractivity contribution is 0.271. The van der Waals surface area contributed by atoms with E-state index in [9.17, 15) is 5.11 Å². The summed E-state index contributed by atoms with van der Waals surface area (Å²) in [7, 11) is 0. The summed E-state index contributed by atoms with van der Waals surface area (Å²) >= 11 is 6.07. The molecule has 0 aliphatic heterocycles. The standard InChI is InChI=1S/C18H24ClN7O/c1-3-13(9-27)23-18-24-16(15-17(25-18)26(4-2)10-22-15)21-8-11-7-12(19)5-6-14(11)20/h5-7,10,13,27H,3-4,8-9,20H2,1-2H3,(H2,21,23,24,25). The highest BCUT2D eigenvalue weighted by Gasteiger charge is 2.15. The summed E-state index contributed by atoms with van der Waals surface area (Å²) < 4.78 is 1.95. The van der Waals surface area contributed by atoms with E-state index in [1.165, 1.54) is 0 Å². The Balaban J connectivity index is 1.94. The van der Waals surface area contributed by atoms with Gasteiger partial charge in [0.05, 0.1) is 19.0 Å². The van der Waals surface area contributed by atoms with Crippen LogP contribution < -0.4 is 16.4 Å². The van der Waals surface area contributed by atoms with E-state index in [0.717, 1.165) is 24.2 Å². The summed E-state index contributed by atoms with van der Waals surface area (Å²) in [6, 6.07) is 5.25. The van der Waals surface area contributed by atoms with Gasteiger partial charge in [0.15, 0.2) is 17.0 Å². The monoisotopic (exact) mass is 389 g/mol. The molecule has 5 N–H and O–H groups in total. The van der Waals surface area contributed by atoms with Crippen LogP contribution >= 0.6 is 11.6 Å². The Kier molecular flexibility index (Phi) is 5.98. The number of imidazole rings is 1. The van der Waals surface area contributed by atoms with Crippen LogP contribution in [0.3, 0.4) is 0 Å². The number of halogens is 1. The third kappa shape index (κ3) is 4.23. The number of aromatic nitrogens is 4. The molecule has 0 fully saturated rings. The first kappa shape index (κ1) is 19.2. The maximum Gasteiger partial charge on any atom is 0.227 e. The van der Waals surface area contributed by atoms with Crippen LogP contribution in [0.4, 0.5) is 17.5 Å². The number of anilines is 3. The van der Waals surface area contributed by atoms with Gasteiger partial charge in [0, 0.05) is 23.8 Å². The van der Waals surface area contributed by atoms with Gasteiger partial charge < -0.3 is 26.0 Å². The Bertz CT molecular complexity index is 923. The quantitative estimate of drug-likeness (QED) is 0.438. The molecule has 0 saturated heterocycles. The summed E-state index contributed by atoms with van der Waals surface area (Å²) in [5, 5.41) is 16.5. The fourth-order valence-electron chi connectivity index (χ4n) is 2.73. The van der Waals surface area contributed by atoms with Crippen LogP contribution in [-0.4, -0.2) is 37.3 Å². The molecule has 0 amide bonds. The van der Waals surface area contributed by atoms with Gasteiger partial charge in [0.25, 0.3) is 0 Å². The lowest BCUT2D eigenvalue weighted by atomic mass is 10.2. The fraction of sp³-hybridized carbons (Fsp3) is 0.389. The first-order valence-corrected chi connectivity index (χ1v) is 9.31. The molecule has 1 unspecified atom stereocenters. The number of hydrogen-bond acceptors (Lipinski definition) is 7. The van der Waals surface area contributed by atoms with Crippen molar-refractivity contribution >= 4 is 40.2 Å². The van der Waals surface area contributed by atoms with Crippen LogP contribution in [0.1, 0.15) is 25.8 Å². The lowest BCUT2D eigenvalue weighted by Crippen LogP contribution is -2.24. The molecule has 0 bridgehead atoms. The SMILES string of the molecule is CCC(CO)Nc1nc(NCc2cc(Cl)ccc2N)c2ncn(CC)c2n1. The minimum atomic E-state index is -0.114. The Hall–Kier alpha value is -2.58. The number of aliphatic hydroxyl groups excluding tert-OH is 1. The van der Waals surface area contributed by atoms with Crippen molar-refractivity contribution in [3.8, 4) is 0 Å². The first-order chi connectivity index (χ1) is 13.0. The average Bonchev–Trinajstić information content (AvgIpc) is 3.09. The van der Waals surface area contributed by atoms with Crippen molar-refractivity contribution in [1.29, 1.82) is 0 Å². The molecule has 2 aromatic heterocycles. The van der Waals surface area contributed by atoms with Crippen LogP contribution in [-0.2, 0) is 13.1 Å². The van der Waals surface area contributed by atoms with Crippen molar-refractivity contribution in [2.45, 2.75) is 39.4 Å². The van der Waals surface area contributed by atoms with E-state index in [-0.39, 0.29) is 12.6 Å². The predicted molar refractivity (Wildman–Crippen MR) is 109 cm³/mol. The molecule has 8 nitrogen and oxygen atoms in total. The van der Waals surface area contributed by atoms with E-state index in [2.05, 4.69) is 25.6 Å². The highest BCUT2D eigenvalue weighted by Crippen LogP contribution is 2.24. The van der Waals surface area contributed by atoms with E-state index in [4.69, 9.17) is 17.3 Å². The molecular weight excluding hydrogens is 366 g/mol. The van der Waals surface area contributed by atoms with Gasteiger partial charge >= 0.3 is 0 Å². The Labute approximate surface area is 162 Å². The molecule has 0 radical (unpaired) electrons. The largest absolute Gasteiger partial charge is 0.398 e. The van der Waals surface area contributed by atoms with Crippen LogP contribution in [0.25, 0.3) is 11.2 Å². The average molecular weight is 390 g/mol. The van der Waals surface area contributed by atoms with Gasteiger partial charge in [-0.2, -0.15) is 9.97 Å². The zero-order valence-corrected chi connectivity index (χ0v) is 16.2. The third-order valence-corrected chi connectivity index (χ3v) is 4.64. The number of rotatable bonds is 8. The number of fused-ring (bicyclic) bond motifs is 1. The molecule has 0 aliphatic rings. The van der Waals surface area contributed by atoms with Gasteiger partial charge in [0.1, 0.15) is 0 Å². The Morgan fingerprint density at radius 3 is 2.81 bits per heavy atom. The van der Waals surface area contributed by atoms with Crippen molar-refractivity contribution < 1.29 is 5.11 Å².